The first-order valence-electron chi connectivity index (χ1n) is 6.77. The van der Waals surface area contributed by atoms with Gasteiger partial charge in [0.2, 0.25) is 0 Å². The van der Waals surface area contributed by atoms with Gasteiger partial charge in [-0.05, 0) is 43.2 Å². The molecule has 0 saturated carbocycles. The van der Waals surface area contributed by atoms with Gasteiger partial charge in [0.25, 0.3) is 0 Å². The van der Waals surface area contributed by atoms with Crippen LogP contribution in [0.2, 0.25) is 5.02 Å². The van der Waals surface area contributed by atoms with Gasteiger partial charge in [0.15, 0.2) is 0 Å². The maximum absolute atomic E-state index is 11.2. The lowest BCUT2D eigenvalue weighted by atomic mass is 10.1. The van der Waals surface area contributed by atoms with Crippen molar-refractivity contribution < 1.29 is 9.90 Å². The number of hydrogen-bond acceptors (Lipinski definition) is 3. The Balaban J connectivity index is 2.33. The van der Waals surface area contributed by atoms with E-state index in [1.54, 1.807) is 12.1 Å². The molecule has 4 nitrogen and oxygen atoms in total. The first kappa shape index (κ1) is 15.3. The van der Waals surface area contributed by atoms with Crippen LogP contribution in [0.15, 0.2) is 30.3 Å². The molecule has 5 heteroatoms. The van der Waals surface area contributed by atoms with Crippen LogP contribution < -0.4 is 5.32 Å². The molecule has 0 bridgehead atoms. The Labute approximate surface area is 128 Å². The van der Waals surface area contributed by atoms with Gasteiger partial charge < -0.3 is 10.4 Å². The number of benzene rings is 1. The number of pyridine rings is 1. The summed E-state index contributed by atoms with van der Waals surface area (Å²) in [6.07, 6.45) is 1.65. The number of carboxylic acid groups (broad SMARTS) is 1. The number of nitrogens with one attached hydrogen (secondary N) is 1. The average molecular weight is 305 g/mol. The number of carbonyl (C=O) groups is 1. The number of aromatic carboxylic acids is 1. The Morgan fingerprint density at radius 1 is 1.33 bits per heavy atom. The van der Waals surface area contributed by atoms with Crippen LogP contribution in [-0.4, -0.2) is 16.1 Å². The van der Waals surface area contributed by atoms with E-state index >= 15 is 0 Å². The first-order valence-corrected chi connectivity index (χ1v) is 7.15. The van der Waals surface area contributed by atoms with Gasteiger partial charge in [0.05, 0.1) is 5.56 Å². The molecule has 0 fully saturated rings. The molecule has 0 unspecified atom stereocenters. The van der Waals surface area contributed by atoms with Crippen molar-refractivity contribution >= 4 is 29.1 Å². The Bertz CT molecular complexity index is 671. The standard InChI is InChI=1S/C16H17ClN2O2/c1-3-4-12-7-11(16(20)21)8-15(18-12)19-13-6-5-10(2)14(17)9-13/h5-9H,3-4H2,1-2H3,(H,18,19)(H,20,21). The van der Waals surface area contributed by atoms with E-state index < -0.39 is 5.97 Å². The van der Waals surface area contributed by atoms with Crippen molar-refractivity contribution in [2.24, 2.45) is 0 Å². The van der Waals surface area contributed by atoms with E-state index in [1.807, 2.05) is 26.0 Å². The monoisotopic (exact) mass is 304 g/mol. The fourth-order valence-electron chi connectivity index (χ4n) is 1.98. The molecule has 0 saturated heterocycles. The van der Waals surface area contributed by atoms with Crippen LogP contribution in [0.4, 0.5) is 11.5 Å². The number of halogens is 1. The fourth-order valence-corrected chi connectivity index (χ4v) is 2.16. The molecule has 0 aliphatic heterocycles. The van der Waals surface area contributed by atoms with Crippen LogP contribution in [-0.2, 0) is 6.42 Å². The van der Waals surface area contributed by atoms with Gasteiger partial charge in [-0.1, -0.05) is 31.0 Å². The highest BCUT2D eigenvalue weighted by atomic mass is 35.5. The summed E-state index contributed by atoms with van der Waals surface area (Å²) in [5, 5.41) is 12.9. The molecular weight excluding hydrogens is 288 g/mol. The third kappa shape index (κ3) is 3.95. The van der Waals surface area contributed by atoms with E-state index in [-0.39, 0.29) is 5.56 Å². The Morgan fingerprint density at radius 3 is 2.71 bits per heavy atom. The molecule has 0 spiro atoms. The summed E-state index contributed by atoms with van der Waals surface area (Å²) in [6, 6.07) is 8.72. The largest absolute Gasteiger partial charge is 0.478 e. The van der Waals surface area contributed by atoms with Crippen molar-refractivity contribution in [1.29, 1.82) is 0 Å². The highest BCUT2D eigenvalue weighted by Gasteiger charge is 2.09. The molecule has 1 aromatic heterocycles. The summed E-state index contributed by atoms with van der Waals surface area (Å²) in [5.41, 5.74) is 2.76. The Morgan fingerprint density at radius 2 is 2.10 bits per heavy atom. The number of anilines is 2. The summed E-state index contributed by atoms with van der Waals surface area (Å²) in [5.74, 6) is -0.446. The molecule has 0 aliphatic rings. The number of hydrogen-bond donors (Lipinski definition) is 2. The summed E-state index contributed by atoms with van der Waals surface area (Å²) < 4.78 is 0. The zero-order valence-corrected chi connectivity index (χ0v) is 12.7. The zero-order chi connectivity index (χ0) is 15.4. The highest BCUT2D eigenvalue weighted by Crippen LogP contribution is 2.23. The lowest BCUT2D eigenvalue weighted by Gasteiger charge is -2.10. The van der Waals surface area contributed by atoms with E-state index in [2.05, 4.69) is 10.3 Å². The maximum atomic E-state index is 11.2. The topological polar surface area (TPSA) is 62.2 Å². The number of aromatic nitrogens is 1. The molecule has 0 aliphatic carbocycles. The summed E-state index contributed by atoms with van der Waals surface area (Å²) in [7, 11) is 0. The normalized spacial score (nSPS) is 10.4. The van der Waals surface area contributed by atoms with E-state index in [1.165, 1.54) is 6.07 Å². The summed E-state index contributed by atoms with van der Waals surface area (Å²) in [6.45, 7) is 3.96. The quantitative estimate of drug-likeness (QED) is 0.857. The second-order valence-corrected chi connectivity index (χ2v) is 5.28. The minimum atomic E-state index is -0.959. The highest BCUT2D eigenvalue weighted by molar-refractivity contribution is 6.31. The van der Waals surface area contributed by atoms with Gasteiger partial charge >= 0.3 is 5.97 Å². The minimum Gasteiger partial charge on any atom is -0.478 e. The van der Waals surface area contributed by atoms with Gasteiger partial charge in [-0.3, -0.25) is 0 Å². The van der Waals surface area contributed by atoms with Crippen molar-refractivity contribution in [1.82, 2.24) is 4.98 Å². The minimum absolute atomic E-state index is 0.231. The van der Waals surface area contributed by atoms with E-state index in [4.69, 9.17) is 11.6 Å². The van der Waals surface area contributed by atoms with Crippen LogP contribution in [0.3, 0.4) is 0 Å². The molecule has 21 heavy (non-hydrogen) atoms. The second kappa shape index (κ2) is 6.59. The third-order valence-electron chi connectivity index (χ3n) is 3.08. The molecule has 110 valence electrons. The molecule has 0 amide bonds. The third-order valence-corrected chi connectivity index (χ3v) is 3.48. The van der Waals surface area contributed by atoms with Crippen molar-refractivity contribution in [2.75, 3.05) is 5.32 Å². The SMILES string of the molecule is CCCc1cc(C(=O)O)cc(Nc2ccc(C)c(Cl)c2)n1. The van der Waals surface area contributed by atoms with Gasteiger partial charge in [-0.2, -0.15) is 0 Å². The van der Waals surface area contributed by atoms with E-state index in [0.29, 0.717) is 10.8 Å². The van der Waals surface area contributed by atoms with Crippen LogP contribution in [0, 0.1) is 6.92 Å². The van der Waals surface area contributed by atoms with Gasteiger partial charge in [0.1, 0.15) is 5.82 Å². The molecule has 0 atom stereocenters. The molecule has 1 heterocycles. The Kier molecular flexibility index (Phi) is 4.81. The van der Waals surface area contributed by atoms with Gasteiger partial charge in [-0.25, -0.2) is 9.78 Å². The van der Waals surface area contributed by atoms with Gasteiger partial charge in [-0.15, -0.1) is 0 Å². The van der Waals surface area contributed by atoms with E-state index in [9.17, 15) is 9.90 Å². The average Bonchev–Trinajstić information content (AvgIpc) is 2.43. The predicted octanol–water partition coefficient (Wildman–Crippen LogP) is 4.44. The van der Waals surface area contributed by atoms with E-state index in [0.717, 1.165) is 29.8 Å². The van der Waals surface area contributed by atoms with Gasteiger partial charge in [0, 0.05) is 16.4 Å². The Hall–Kier alpha value is -2.07. The molecule has 1 aromatic carbocycles. The smallest absolute Gasteiger partial charge is 0.335 e. The van der Waals surface area contributed by atoms with Crippen molar-refractivity contribution in [3.05, 3.63) is 52.2 Å². The van der Waals surface area contributed by atoms with Crippen LogP contribution >= 0.6 is 11.6 Å². The molecule has 2 rings (SSSR count). The summed E-state index contributed by atoms with van der Waals surface area (Å²) >= 11 is 6.09. The second-order valence-electron chi connectivity index (χ2n) is 4.88. The van der Waals surface area contributed by atoms with Crippen LogP contribution in [0.1, 0.15) is 35.0 Å². The molecule has 0 radical (unpaired) electrons. The lowest BCUT2D eigenvalue weighted by Crippen LogP contribution is -2.04. The summed E-state index contributed by atoms with van der Waals surface area (Å²) in [4.78, 5) is 15.6. The van der Waals surface area contributed by atoms with Crippen molar-refractivity contribution in [2.45, 2.75) is 26.7 Å². The zero-order valence-electron chi connectivity index (χ0n) is 12.0. The number of nitrogens with zero attached hydrogens (tertiary/aromatic N) is 1. The first-order chi connectivity index (χ1) is 9.99. The lowest BCUT2D eigenvalue weighted by molar-refractivity contribution is 0.0696. The van der Waals surface area contributed by atoms with Crippen molar-refractivity contribution in [3.8, 4) is 0 Å². The maximum Gasteiger partial charge on any atom is 0.335 e. The van der Waals surface area contributed by atoms with Crippen LogP contribution in [0.25, 0.3) is 0 Å². The number of carboxylic acids is 1. The number of aryl methyl sites for hydroxylation is 2. The molecular formula is C16H17ClN2O2. The fraction of sp³-hybridized carbons (Fsp3) is 0.250. The predicted molar refractivity (Wildman–Crippen MR) is 84.7 cm³/mol. The van der Waals surface area contributed by atoms with Crippen molar-refractivity contribution in [3.63, 3.8) is 0 Å². The number of rotatable bonds is 5. The molecule has 2 aromatic rings. The molecule has 2 N–H and O–H groups in total. The van der Waals surface area contributed by atoms with Crippen LogP contribution in [0.5, 0.6) is 0 Å².